The van der Waals surface area contributed by atoms with Crippen molar-refractivity contribution in [1.82, 2.24) is 20.4 Å². The molecule has 2 heterocycles. The summed E-state index contributed by atoms with van der Waals surface area (Å²) in [6.07, 6.45) is 1.59. The van der Waals surface area contributed by atoms with Gasteiger partial charge in [0.2, 0.25) is 17.7 Å². The number of nitrogens with zero attached hydrogens (tertiary/aromatic N) is 2. The molecule has 9 nitrogen and oxygen atoms in total. The van der Waals surface area contributed by atoms with Crippen LogP contribution in [-0.2, 0) is 25.7 Å². The molecule has 1 unspecified atom stereocenters. The van der Waals surface area contributed by atoms with Crippen LogP contribution in [0.1, 0.15) is 52.0 Å². The van der Waals surface area contributed by atoms with Gasteiger partial charge in [-0.3, -0.25) is 14.4 Å². The number of rotatable bonds is 8. The number of carbonyl (C=O) groups is 4. The molecule has 0 aliphatic carbocycles. The minimum atomic E-state index is -0.569. The van der Waals surface area contributed by atoms with Gasteiger partial charge in [0.25, 0.3) is 0 Å². The van der Waals surface area contributed by atoms with Crippen molar-refractivity contribution in [3.8, 4) is 0 Å². The summed E-state index contributed by atoms with van der Waals surface area (Å²) in [6, 6.07) is 9.79. The summed E-state index contributed by atoms with van der Waals surface area (Å²) in [5.74, 6) is -0.0556. The minimum absolute atomic E-state index is 0.00604. The summed E-state index contributed by atoms with van der Waals surface area (Å²) >= 11 is 0. The number of benzene rings is 1. The van der Waals surface area contributed by atoms with E-state index in [-0.39, 0.29) is 43.0 Å². The lowest BCUT2D eigenvalue weighted by Crippen LogP contribution is -2.43. The largest absolute Gasteiger partial charge is 0.444 e. The summed E-state index contributed by atoms with van der Waals surface area (Å²) in [6.45, 7) is 8.43. The number of hydrogen-bond acceptors (Lipinski definition) is 5. The second-order valence-electron chi connectivity index (χ2n) is 10.4. The lowest BCUT2D eigenvalue weighted by molar-refractivity contribution is -0.132. The molecule has 0 saturated carbocycles. The molecule has 2 fully saturated rings. The third-order valence-electron chi connectivity index (χ3n) is 6.34. The van der Waals surface area contributed by atoms with Crippen molar-refractivity contribution < 1.29 is 23.9 Å². The molecule has 2 saturated heterocycles. The molecular weight excluding hydrogens is 448 g/mol. The maximum atomic E-state index is 12.7. The highest BCUT2D eigenvalue weighted by Crippen LogP contribution is 2.21. The SMILES string of the molecule is CC(C)(C)OC(=O)NCCC(=O)N1CCC(CNC(=O)C2CC(=O)N(Cc3ccccc3)C2)CC1. The fourth-order valence-corrected chi connectivity index (χ4v) is 4.42. The van der Waals surface area contributed by atoms with Crippen LogP contribution in [0, 0.1) is 11.8 Å². The van der Waals surface area contributed by atoms with Crippen LogP contribution < -0.4 is 10.6 Å². The molecule has 3 rings (SSSR count). The Morgan fingerprint density at radius 3 is 2.40 bits per heavy atom. The van der Waals surface area contributed by atoms with Gasteiger partial charge in [0.15, 0.2) is 0 Å². The molecule has 1 aromatic rings. The number of nitrogens with one attached hydrogen (secondary N) is 2. The third kappa shape index (κ3) is 8.56. The van der Waals surface area contributed by atoms with E-state index in [1.807, 2.05) is 35.2 Å². The van der Waals surface area contributed by atoms with Crippen molar-refractivity contribution in [1.29, 1.82) is 0 Å². The van der Waals surface area contributed by atoms with Crippen molar-refractivity contribution >= 4 is 23.8 Å². The summed E-state index contributed by atoms with van der Waals surface area (Å²) in [4.78, 5) is 52.7. The van der Waals surface area contributed by atoms with E-state index in [9.17, 15) is 19.2 Å². The third-order valence-corrected chi connectivity index (χ3v) is 6.34. The number of piperidine rings is 1. The first-order valence-electron chi connectivity index (χ1n) is 12.4. The molecule has 2 N–H and O–H groups in total. The molecule has 2 aliphatic heterocycles. The first-order chi connectivity index (χ1) is 16.6. The van der Waals surface area contributed by atoms with Gasteiger partial charge in [-0.2, -0.15) is 0 Å². The van der Waals surface area contributed by atoms with Crippen LogP contribution >= 0.6 is 0 Å². The number of hydrogen-bond donors (Lipinski definition) is 2. The van der Waals surface area contributed by atoms with Gasteiger partial charge in [0.1, 0.15) is 5.60 Å². The summed E-state index contributed by atoms with van der Waals surface area (Å²) in [7, 11) is 0. The summed E-state index contributed by atoms with van der Waals surface area (Å²) in [5, 5.41) is 5.64. The Hall–Kier alpha value is -3.10. The van der Waals surface area contributed by atoms with Crippen molar-refractivity contribution in [2.24, 2.45) is 11.8 Å². The Morgan fingerprint density at radius 2 is 1.74 bits per heavy atom. The van der Waals surface area contributed by atoms with Gasteiger partial charge in [0, 0.05) is 52.1 Å². The minimum Gasteiger partial charge on any atom is -0.444 e. The van der Waals surface area contributed by atoms with E-state index in [4.69, 9.17) is 4.74 Å². The quantitative estimate of drug-likeness (QED) is 0.586. The molecule has 0 aromatic heterocycles. The number of ether oxygens (including phenoxy) is 1. The van der Waals surface area contributed by atoms with Crippen LogP contribution in [0.15, 0.2) is 30.3 Å². The zero-order valence-corrected chi connectivity index (χ0v) is 21.0. The molecule has 9 heteroatoms. The number of amides is 4. The van der Waals surface area contributed by atoms with Crippen LogP contribution in [0.5, 0.6) is 0 Å². The Morgan fingerprint density at radius 1 is 1.06 bits per heavy atom. The van der Waals surface area contributed by atoms with E-state index >= 15 is 0 Å². The van der Waals surface area contributed by atoms with E-state index in [0.717, 1.165) is 18.4 Å². The molecule has 0 radical (unpaired) electrons. The maximum Gasteiger partial charge on any atom is 0.407 e. The zero-order valence-electron chi connectivity index (χ0n) is 21.0. The topological polar surface area (TPSA) is 108 Å². The number of likely N-dealkylation sites (tertiary alicyclic amines) is 2. The molecule has 192 valence electrons. The van der Waals surface area contributed by atoms with Crippen LogP contribution in [0.3, 0.4) is 0 Å². The van der Waals surface area contributed by atoms with Gasteiger partial charge in [0.05, 0.1) is 5.92 Å². The van der Waals surface area contributed by atoms with Gasteiger partial charge in [-0.25, -0.2) is 4.79 Å². The maximum absolute atomic E-state index is 12.7. The second kappa shape index (κ2) is 12.0. The lowest BCUT2D eigenvalue weighted by atomic mass is 9.96. The van der Waals surface area contributed by atoms with Crippen LogP contribution in [0.4, 0.5) is 4.79 Å². The van der Waals surface area contributed by atoms with Crippen molar-refractivity contribution in [3.63, 3.8) is 0 Å². The van der Waals surface area contributed by atoms with Gasteiger partial charge in [-0.1, -0.05) is 30.3 Å². The first kappa shape index (κ1) is 26.5. The molecule has 1 atom stereocenters. The highest BCUT2D eigenvalue weighted by Gasteiger charge is 2.34. The second-order valence-corrected chi connectivity index (χ2v) is 10.4. The standard InChI is InChI=1S/C26H38N4O5/c1-26(2,3)35-25(34)27-12-9-22(31)29-13-10-19(11-14-29)16-28-24(33)21-15-23(32)30(18-21)17-20-7-5-4-6-8-20/h4-8,19,21H,9-18H2,1-3H3,(H,27,34)(H,28,33). The molecule has 0 spiro atoms. The fourth-order valence-electron chi connectivity index (χ4n) is 4.42. The van der Waals surface area contributed by atoms with E-state index in [1.54, 1.807) is 25.7 Å². The number of alkyl carbamates (subject to hydrolysis) is 1. The van der Waals surface area contributed by atoms with Crippen molar-refractivity contribution in [2.75, 3.05) is 32.7 Å². The van der Waals surface area contributed by atoms with E-state index < -0.39 is 11.7 Å². The Balaban J connectivity index is 1.31. The summed E-state index contributed by atoms with van der Waals surface area (Å²) < 4.78 is 5.17. The van der Waals surface area contributed by atoms with Crippen molar-refractivity contribution in [2.45, 2.75) is 58.6 Å². The monoisotopic (exact) mass is 486 g/mol. The predicted molar refractivity (Wildman–Crippen MR) is 131 cm³/mol. The van der Waals surface area contributed by atoms with Gasteiger partial charge in [-0.05, 0) is 45.1 Å². The molecule has 2 aliphatic rings. The first-order valence-corrected chi connectivity index (χ1v) is 12.4. The molecule has 1 aromatic carbocycles. The lowest BCUT2D eigenvalue weighted by Gasteiger charge is -2.32. The Kier molecular flexibility index (Phi) is 9.12. The molecule has 4 amide bonds. The van der Waals surface area contributed by atoms with E-state index in [2.05, 4.69) is 10.6 Å². The average molecular weight is 487 g/mol. The van der Waals surface area contributed by atoms with Crippen LogP contribution in [0.25, 0.3) is 0 Å². The van der Waals surface area contributed by atoms with Gasteiger partial charge < -0.3 is 25.2 Å². The van der Waals surface area contributed by atoms with E-state index in [0.29, 0.717) is 38.6 Å². The van der Waals surface area contributed by atoms with Gasteiger partial charge >= 0.3 is 6.09 Å². The molecule has 35 heavy (non-hydrogen) atoms. The zero-order chi connectivity index (χ0) is 25.4. The number of carbonyl (C=O) groups excluding carboxylic acids is 4. The van der Waals surface area contributed by atoms with E-state index in [1.165, 1.54) is 0 Å². The fraction of sp³-hybridized carbons (Fsp3) is 0.615. The molecule has 0 bridgehead atoms. The molecular formula is C26H38N4O5. The summed E-state index contributed by atoms with van der Waals surface area (Å²) in [5.41, 5.74) is 0.490. The average Bonchev–Trinajstić information content (AvgIpc) is 3.17. The predicted octanol–water partition coefficient (Wildman–Crippen LogP) is 2.30. The Labute approximate surface area is 207 Å². The van der Waals surface area contributed by atoms with Crippen LogP contribution in [-0.4, -0.2) is 71.9 Å². The van der Waals surface area contributed by atoms with Crippen molar-refractivity contribution in [3.05, 3.63) is 35.9 Å². The van der Waals surface area contributed by atoms with Crippen LogP contribution in [0.2, 0.25) is 0 Å². The Bertz CT molecular complexity index is 891. The van der Waals surface area contributed by atoms with Gasteiger partial charge in [-0.15, -0.1) is 0 Å². The highest BCUT2D eigenvalue weighted by molar-refractivity contribution is 5.89. The smallest absolute Gasteiger partial charge is 0.407 e. The highest BCUT2D eigenvalue weighted by atomic mass is 16.6. The normalized spacial score (nSPS) is 18.9.